The van der Waals surface area contributed by atoms with E-state index in [0.717, 1.165) is 56.6 Å². The predicted octanol–water partition coefficient (Wildman–Crippen LogP) is 6.53. The molecular weight excluding hydrogens is 440 g/mol. The topological polar surface area (TPSA) is 92.5 Å². The first-order chi connectivity index (χ1) is 16.6. The van der Waals surface area contributed by atoms with Gasteiger partial charge in [-0.25, -0.2) is 4.79 Å². The highest BCUT2D eigenvalue weighted by molar-refractivity contribution is 6.00. The minimum atomic E-state index is -1.15. The highest BCUT2D eigenvalue weighted by Crippen LogP contribution is 2.43. The van der Waals surface area contributed by atoms with E-state index in [2.05, 4.69) is 6.92 Å². The van der Waals surface area contributed by atoms with Gasteiger partial charge in [-0.1, -0.05) is 19.1 Å². The fourth-order valence-corrected chi connectivity index (χ4v) is 4.64. The molecule has 2 N–H and O–H groups in total. The van der Waals surface area contributed by atoms with Crippen LogP contribution >= 0.6 is 0 Å². The van der Waals surface area contributed by atoms with E-state index in [0.29, 0.717) is 18.6 Å². The first-order valence-corrected chi connectivity index (χ1v) is 11.9. The third-order valence-electron chi connectivity index (χ3n) is 6.15. The first-order valence-electron chi connectivity index (χ1n) is 11.9. The smallest absolute Gasteiger partial charge is 0.337 e. The number of ether oxygens (including phenoxy) is 2. The maximum atomic E-state index is 12.5. The Kier molecular flexibility index (Phi) is 6.77. The summed E-state index contributed by atoms with van der Waals surface area (Å²) >= 11 is 0. The molecule has 6 nitrogen and oxygen atoms in total. The molecule has 0 radical (unpaired) electrons. The lowest BCUT2D eigenvalue weighted by atomic mass is 9.86. The van der Waals surface area contributed by atoms with Crippen LogP contribution in [0.3, 0.4) is 0 Å². The van der Waals surface area contributed by atoms with Gasteiger partial charge >= 0.3 is 5.97 Å². The molecule has 0 saturated heterocycles. The number of hydrogen-bond acceptors (Lipinski definition) is 5. The molecule has 1 aliphatic rings. The normalized spacial score (nSPS) is 15.5. The largest absolute Gasteiger partial charge is 0.493 e. The van der Waals surface area contributed by atoms with E-state index in [-0.39, 0.29) is 0 Å². The second-order valence-electron chi connectivity index (χ2n) is 9.82. The summed E-state index contributed by atoms with van der Waals surface area (Å²) in [4.78, 5) is 17.4. The Bertz CT molecular complexity index is 1330. The average molecular weight is 473 g/mol. The van der Waals surface area contributed by atoms with Crippen molar-refractivity contribution in [1.82, 2.24) is 4.98 Å². The quantitative estimate of drug-likeness (QED) is 0.398. The summed E-state index contributed by atoms with van der Waals surface area (Å²) < 4.78 is 12.0. The van der Waals surface area contributed by atoms with Gasteiger partial charge in [0.25, 0.3) is 0 Å². The second-order valence-corrected chi connectivity index (χ2v) is 9.82. The number of hydrogen-bond donors (Lipinski definition) is 2. The van der Waals surface area contributed by atoms with Gasteiger partial charge in [-0.3, -0.25) is 4.98 Å². The number of carboxylic acids is 1. The predicted molar refractivity (Wildman–Crippen MR) is 139 cm³/mol. The van der Waals surface area contributed by atoms with Crippen molar-refractivity contribution in [2.75, 3.05) is 6.61 Å². The van der Waals surface area contributed by atoms with E-state index in [1.54, 1.807) is 6.08 Å². The van der Waals surface area contributed by atoms with Crippen LogP contribution in [0.25, 0.3) is 27.6 Å². The molecule has 3 aromatic rings. The molecule has 0 bridgehead atoms. The van der Waals surface area contributed by atoms with E-state index in [1.807, 2.05) is 64.1 Å². The molecule has 6 heteroatoms. The molecule has 2 heterocycles. The van der Waals surface area contributed by atoms with E-state index in [4.69, 9.17) is 19.9 Å². The van der Waals surface area contributed by atoms with Crippen LogP contribution < -0.4 is 4.74 Å². The number of nitrogens with zero attached hydrogens (tertiary/aromatic N) is 1. The minimum Gasteiger partial charge on any atom is -0.493 e. The lowest BCUT2D eigenvalue weighted by molar-refractivity contribution is -0.160. The van der Waals surface area contributed by atoms with Gasteiger partial charge in [0.05, 0.1) is 17.7 Å². The van der Waals surface area contributed by atoms with Crippen molar-refractivity contribution in [3.8, 4) is 16.9 Å². The van der Waals surface area contributed by atoms with Crippen LogP contribution in [0.15, 0.2) is 42.5 Å². The Morgan fingerprint density at radius 2 is 2.03 bits per heavy atom. The summed E-state index contributed by atoms with van der Waals surface area (Å²) in [7, 11) is 0. The maximum absolute atomic E-state index is 12.5. The Balaban J connectivity index is 2.06. The highest BCUT2D eigenvalue weighted by atomic mass is 16.5. The molecule has 0 saturated carbocycles. The molecule has 0 aliphatic carbocycles. The van der Waals surface area contributed by atoms with E-state index in [1.165, 1.54) is 6.21 Å². The van der Waals surface area contributed by atoms with Crippen LogP contribution in [0.1, 0.15) is 62.6 Å². The zero-order valence-corrected chi connectivity index (χ0v) is 20.9. The van der Waals surface area contributed by atoms with Crippen molar-refractivity contribution in [3.63, 3.8) is 0 Å². The summed E-state index contributed by atoms with van der Waals surface area (Å²) in [6, 6.07) is 11.9. The van der Waals surface area contributed by atoms with Crippen LogP contribution in [-0.2, 0) is 16.0 Å². The number of benzene rings is 2. The highest BCUT2D eigenvalue weighted by Gasteiger charge is 2.32. The van der Waals surface area contributed by atoms with Crippen LogP contribution in [0.4, 0.5) is 0 Å². The van der Waals surface area contributed by atoms with Gasteiger partial charge in [-0.15, -0.1) is 0 Å². The lowest BCUT2D eigenvalue weighted by Gasteiger charge is -2.29. The van der Waals surface area contributed by atoms with Crippen LogP contribution in [0.2, 0.25) is 0 Å². The van der Waals surface area contributed by atoms with Crippen molar-refractivity contribution in [2.24, 2.45) is 0 Å². The monoisotopic (exact) mass is 472 g/mol. The molecule has 182 valence electrons. The van der Waals surface area contributed by atoms with E-state index >= 15 is 0 Å². The Labute approximate surface area is 206 Å². The molecule has 1 unspecified atom stereocenters. The van der Waals surface area contributed by atoms with E-state index < -0.39 is 17.7 Å². The van der Waals surface area contributed by atoms with Gasteiger partial charge < -0.3 is 20.0 Å². The SMILES string of the molecule is CCc1ccc2c(-c3ccc4c(c3)C(=CC=N)CCO4)c(C(OC(C)(C)C)C(=O)O)c(C)cc2n1. The Morgan fingerprint density at radius 1 is 1.26 bits per heavy atom. The van der Waals surface area contributed by atoms with Gasteiger partial charge in [-0.2, -0.15) is 0 Å². The number of aromatic nitrogens is 1. The first kappa shape index (κ1) is 24.6. The van der Waals surface area contributed by atoms with Crippen molar-refractivity contribution < 1.29 is 19.4 Å². The van der Waals surface area contributed by atoms with Gasteiger partial charge in [0.1, 0.15) is 5.75 Å². The number of nitrogens with one attached hydrogen (secondary N) is 1. The minimum absolute atomic E-state index is 0.564. The number of aryl methyl sites for hydroxylation is 2. The standard InChI is InChI=1S/C29H32N2O4/c1-6-20-8-9-21-23(31-20)15-17(2)25(27(28(32)33)35-29(3,4)5)26(21)19-7-10-24-22(16-19)18(11-13-30)12-14-34-24/h7-11,13,15-16,27,30H,6,12,14H2,1-5H3,(H,32,33). The Morgan fingerprint density at radius 3 is 2.69 bits per heavy atom. The van der Waals surface area contributed by atoms with Gasteiger partial charge in [0, 0.05) is 34.8 Å². The summed E-state index contributed by atoms with van der Waals surface area (Å²) in [6.45, 7) is 10.1. The zero-order valence-electron chi connectivity index (χ0n) is 20.9. The molecule has 1 aromatic heterocycles. The summed E-state index contributed by atoms with van der Waals surface area (Å²) in [5.74, 6) is -0.272. The van der Waals surface area contributed by atoms with Crippen LogP contribution in [0, 0.1) is 12.3 Å². The van der Waals surface area contributed by atoms with Crippen molar-refractivity contribution in [1.29, 1.82) is 5.41 Å². The van der Waals surface area contributed by atoms with Gasteiger partial charge in [-0.05, 0) is 86.7 Å². The fraction of sp³-hybridized carbons (Fsp3) is 0.345. The fourth-order valence-electron chi connectivity index (χ4n) is 4.64. The van der Waals surface area contributed by atoms with Crippen molar-refractivity contribution in [3.05, 3.63) is 64.9 Å². The molecule has 4 rings (SSSR count). The molecular formula is C29H32N2O4. The third kappa shape index (κ3) is 4.98. The van der Waals surface area contributed by atoms with Crippen LogP contribution in [0.5, 0.6) is 5.75 Å². The number of allylic oxidation sites excluding steroid dienone is 1. The second kappa shape index (κ2) is 9.62. The molecule has 0 spiro atoms. The number of rotatable bonds is 6. The summed E-state index contributed by atoms with van der Waals surface area (Å²) in [6.07, 6.45) is 3.45. The molecule has 35 heavy (non-hydrogen) atoms. The summed E-state index contributed by atoms with van der Waals surface area (Å²) in [5.41, 5.74) is 6.19. The third-order valence-corrected chi connectivity index (χ3v) is 6.15. The van der Waals surface area contributed by atoms with Crippen LogP contribution in [-0.4, -0.2) is 34.5 Å². The molecule has 1 aliphatic heterocycles. The summed E-state index contributed by atoms with van der Waals surface area (Å²) in [5, 5.41) is 18.7. The number of fused-ring (bicyclic) bond motifs is 2. The number of aliphatic carboxylic acids is 1. The molecule has 2 aromatic carbocycles. The zero-order chi connectivity index (χ0) is 25.3. The van der Waals surface area contributed by atoms with Gasteiger partial charge in [0.15, 0.2) is 6.10 Å². The Hall–Kier alpha value is -3.51. The van der Waals surface area contributed by atoms with Crippen molar-refractivity contribution >= 4 is 28.7 Å². The maximum Gasteiger partial charge on any atom is 0.337 e. The average Bonchev–Trinajstić information content (AvgIpc) is 2.81. The lowest BCUT2D eigenvalue weighted by Crippen LogP contribution is -2.28. The van der Waals surface area contributed by atoms with E-state index in [9.17, 15) is 9.90 Å². The molecule has 0 fully saturated rings. The van der Waals surface area contributed by atoms with Crippen molar-refractivity contribution in [2.45, 2.75) is 59.2 Å². The number of pyridine rings is 1. The number of carbonyl (C=O) groups is 1. The number of carboxylic acid groups (broad SMARTS) is 1. The molecule has 0 amide bonds. The van der Waals surface area contributed by atoms with Gasteiger partial charge in [0.2, 0.25) is 0 Å². The molecule has 1 atom stereocenters.